The van der Waals surface area contributed by atoms with Crippen LogP contribution >= 0.6 is 0 Å². The van der Waals surface area contributed by atoms with E-state index in [1.807, 2.05) is 17.0 Å². The average molecular weight is 394 g/mol. The van der Waals surface area contributed by atoms with Gasteiger partial charge in [0, 0.05) is 38.1 Å². The fourth-order valence-corrected chi connectivity index (χ4v) is 3.84. The van der Waals surface area contributed by atoms with Crippen molar-refractivity contribution in [2.75, 3.05) is 53.1 Å². The van der Waals surface area contributed by atoms with Gasteiger partial charge in [0.25, 0.3) is 0 Å². The molecule has 2 fully saturated rings. The summed E-state index contributed by atoms with van der Waals surface area (Å²) in [5.74, 6) is -0.727. The Hall–Kier alpha value is -2.36. The summed E-state index contributed by atoms with van der Waals surface area (Å²) in [6.45, 7) is 3.69. The van der Waals surface area contributed by atoms with Crippen LogP contribution in [0, 0.1) is 5.92 Å². The normalized spacial score (nSPS) is 23.0. The lowest BCUT2D eigenvalue weighted by molar-refractivity contribution is -0.140. The Morgan fingerprint density at radius 3 is 2.68 bits per heavy atom. The van der Waals surface area contributed by atoms with E-state index >= 15 is 0 Å². The molecule has 9 nitrogen and oxygen atoms in total. The fraction of sp³-hybridized carbons (Fsp3) is 0.579. The number of hydrogen-bond donors (Lipinski definition) is 2. The van der Waals surface area contributed by atoms with E-state index in [1.54, 1.807) is 6.07 Å². The van der Waals surface area contributed by atoms with Crippen LogP contribution in [0.5, 0.6) is 11.5 Å². The fourth-order valence-electron chi connectivity index (χ4n) is 3.84. The van der Waals surface area contributed by atoms with Gasteiger partial charge in [-0.2, -0.15) is 0 Å². The van der Waals surface area contributed by atoms with E-state index in [4.69, 9.17) is 24.4 Å². The van der Waals surface area contributed by atoms with Gasteiger partial charge in [0.1, 0.15) is 0 Å². The monoisotopic (exact) mass is 394 g/mol. The molecule has 28 heavy (non-hydrogen) atoms. The molecule has 0 spiro atoms. The van der Waals surface area contributed by atoms with Crippen molar-refractivity contribution >= 4 is 11.9 Å². The Morgan fingerprint density at radius 2 is 1.96 bits per heavy atom. The zero-order chi connectivity index (χ0) is 20.1. The molecule has 0 saturated carbocycles. The minimum absolute atomic E-state index is 0.0459. The first-order valence-electron chi connectivity index (χ1n) is 9.22. The maximum atomic E-state index is 11.1. The van der Waals surface area contributed by atoms with Gasteiger partial charge in [-0.15, -0.1) is 0 Å². The van der Waals surface area contributed by atoms with Gasteiger partial charge in [-0.05, 0) is 17.7 Å². The second kappa shape index (κ2) is 9.22. The molecular formula is C19H26N2O7. The van der Waals surface area contributed by atoms with Crippen LogP contribution in [0.25, 0.3) is 0 Å². The third-order valence-corrected chi connectivity index (χ3v) is 4.98. The Bertz CT molecular complexity index is 712. The predicted octanol–water partition coefficient (Wildman–Crippen LogP) is 0.376. The number of benzene rings is 1. The summed E-state index contributed by atoms with van der Waals surface area (Å²) in [5, 5.41) is 17.9. The van der Waals surface area contributed by atoms with Crippen molar-refractivity contribution in [2.45, 2.75) is 12.6 Å². The number of nitrogens with zero attached hydrogens (tertiary/aromatic N) is 2. The molecule has 1 aromatic carbocycles. The van der Waals surface area contributed by atoms with Crippen molar-refractivity contribution in [3.05, 3.63) is 23.8 Å². The highest BCUT2D eigenvalue weighted by Crippen LogP contribution is 2.30. The van der Waals surface area contributed by atoms with Gasteiger partial charge in [0.15, 0.2) is 18.1 Å². The second-order valence-corrected chi connectivity index (χ2v) is 7.24. The highest BCUT2D eigenvalue weighted by Gasteiger charge is 2.33. The summed E-state index contributed by atoms with van der Waals surface area (Å²) >= 11 is 0. The van der Waals surface area contributed by atoms with Crippen molar-refractivity contribution in [2.24, 2.45) is 5.92 Å². The number of hydrogen-bond acceptors (Lipinski definition) is 7. The van der Waals surface area contributed by atoms with Crippen molar-refractivity contribution < 1.29 is 34.0 Å². The summed E-state index contributed by atoms with van der Waals surface area (Å²) in [7, 11) is 1.52. The summed E-state index contributed by atoms with van der Waals surface area (Å²) in [6.07, 6.45) is 0. The van der Waals surface area contributed by atoms with E-state index in [-0.39, 0.29) is 18.5 Å². The molecule has 0 amide bonds. The number of rotatable bonds is 8. The number of ether oxygens (including phenoxy) is 3. The first kappa shape index (κ1) is 20.4. The molecule has 2 saturated heterocycles. The van der Waals surface area contributed by atoms with Gasteiger partial charge in [-0.25, -0.2) is 4.79 Å². The van der Waals surface area contributed by atoms with Crippen LogP contribution < -0.4 is 9.47 Å². The standard InChI is InChI=1S/C19H26N2O7/c1-26-17-4-13(2-3-16(17)28-12-19(24)25)6-21-7-14-5-20(9-18(22)23)8-15(21)11-27-10-14/h2-4,14-15H,5-12H2,1H3,(H,22,23)(H,24,25)/t14-,15-/m0/s1. The maximum Gasteiger partial charge on any atom is 0.341 e. The number of aliphatic carboxylic acids is 2. The molecule has 3 rings (SSSR count). The molecular weight excluding hydrogens is 368 g/mol. The third kappa shape index (κ3) is 5.34. The maximum absolute atomic E-state index is 11.1. The van der Waals surface area contributed by atoms with E-state index in [1.165, 1.54) is 7.11 Å². The molecule has 0 aromatic heterocycles. The molecule has 9 heteroatoms. The first-order valence-corrected chi connectivity index (χ1v) is 9.22. The zero-order valence-corrected chi connectivity index (χ0v) is 15.9. The number of carboxylic acids is 2. The topological polar surface area (TPSA) is 109 Å². The Balaban J connectivity index is 1.71. The van der Waals surface area contributed by atoms with Crippen molar-refractivity contribution in [1.82, 2.24) is 9.80 Å². The van der Waals surface area contributed by atoms with Gasteiger partial charge in [0.05, 0.1) is 26.9 Å². The quantitative estimate of drug-likeness (QED) is 0.646. The van der Waals surface area contributed by atoms with Gasteiger partial charge >= 0.3 is 11.9 Å². The van der Waals surface area contributed by atoms with Crippen LogP contribution in [0.3, 0.4) is 0 Å². The van der Waals surface area contributed by atoms with Crippen molar-refractivity contribution in [1.29, 1.82) is 0 Å². The molecule has 1 aromatic rings. The van der Waals surface area contributed by atoms with E-state index in [0.29, 0.717) is 44.3 Å². The van der Waals surface area contributed by atoms with Crippen molar-refractivity contribution in [3.63, 3.8) is 0 Å². The lowest BCUT2D eigenvalue weighted by Crippen LogP contribution is -2.44. The lowest BCUT2D eigenvalue weighted by atomic mass is 10.1. The van der Waals surface area contributed by atoms with Gasteiger partial charge in [0.2, 0.25) is 0 Å². The molecule has 2 bridgehead atoms. The third-order valence-electron chi connectivity index (χ3n) is 4.98. The Labute approximate surface area is 163 Å². The van der Waals surface area contributed by atoms with Crippen LogP contribution in [0.15, 0.2) is 18.2 Å². The molecule has 2 aliphatic heterocycles. The van der Waals surface area contributed by atoms with Crippen LogP contribution in [0.4, 0.5) is 0 Å². The number of fused-ring (bicyclic) bond motifs is 3. The number of methoxy groups -OCH3 is 1. The van der Waals surface area contributed by atoms with E-state index in [9.17, 15) is 9.59 Å². The van der Waals surface area contributed by atoms with E-state index in [0.717, 1.165) is 12.1 Å². The van der Waals surface area contributed by atoms with E-state index < -0.39 is 18.5 Å². The van der Waals surface area contributed by atoms with Crippen LogP contribution in [0.2, 0.25) is 0 Å². The summed E-state index contributed by atoms with van der Waals surface area (Å²) in [5.41, 5.74) is 1.01. The molecule has 154 valence electrons. The molecule has 0 radical (unpaired) electrons. The number of carboxylic acid groups (broad SMARTS) is 2. The first-order chi connectivity index (χ1) is 13.4. The minimum atomic E-state index is -1.05. The molecule has 0 unspecified atom stereocenters. The average Bonchev–Trinajstić information content (AvgIpc) is 2.89. The van der Waals surface area contributed by atoms with Crippen LogP contribution in [-0.4, -0.2) is 91.1 Å². The van der Waals surface area contributed by atoms with E-state index in [2.05, 4.69) is 4.90 Å². The Kier molecular flexibility index (Phi) is 6.71. The van der Waals surface area contributed by atoms with Crippen LogP contribution in [-0.2, 0) is 20.9 Å². The van der Waals surface area contributed by atoms with Gasteiger partial charge < -0.3 is 24.4 Å². The zero-order valence-electron chi connectivity index (χ0n) is 15.9. The summed E-state index contributed by atoms with van der Waals surface area (Å²) < 4.78 is 16.4. The highest BCUT2D eigenvalue weighted by molar-refractivity contribution is 5.69. The molecule has 2 atom stereocenters. The predicted molar refractivity (Wildman–Crippen MR) is 98.7 cm³/mol. The molecule has 2 heterocycles. The molecule has 2 aliphatic rings. The van der Waals surface area contributed by atoms with Gasteiger partial charge in [-0.3, -0.25) is 14.6 Å². The lowest BCUT2D eigenvalue weighted by Gasteiger charge is -2.30. The summed E-state index contributed by atoms with van der Waals surface area (Å²) in [6, 6.07) is 5.57. The van der Waals surface area contributed by atoms with Gasteiger partial charge in [-0.1, -0.05) is 6.07 Å². The molecule has 0 aliphatic carbocycles. The molecule has 2 N–H and O–H groups in total. The second-order valence-electron chi connectivity index (χ2n) is 7.24. The number of carbonyl (C=O) groups is 2. The smallest absolute Gasteiger partial charge is 0.341 e. The SMILES string of the molecule is COc1cc(CN2C[C@H]3COC[C@@H]2CN(CC(=O)O)C3)ccc1OCC(=O)O. The highest BCUT2D eigenvalue weighted by atomic mass is 16.5. The Morgan fingerprint density at radius 1 is 1.14 bits per heavy atom. The van der Waals surface area contributed by atoms with Crippen molar-refractivity contribution in [3.8, 4) is 11.5 Å². The van der Waals surface area contributed by atoms with Crippen LogP contribution in [0.1, 0.15) is 5.56 Å². The minimum Gasteiger partial charge on any atom is -0.493 e. The largest absolute Gasteiger partial charge is 0.493 e. The summed E-state index contributed by atoms with van der Waals surface area (Å²) in [4.78, 5) is 26.1.